The maximum Gasteiger partial charge on any atom is 0.0623 e. The van der Waals surface area contributed by atoms with Gasteiger partial charge < -0.3 is 10.6 Å². The lowest BCUT2D eigenvalue weighted by atomic mass is 10.2. The molecule has 0 radical (unpaired) electrons. The van der Waals surface area contributed by atoms with Crippen molar-refractivity contribution in [2.24, 2.45) is 0 Å². The zero-order chi connectivity index (χ0) is 14.5. The minimum Gasteiger partial charge on any atom is -0.354 e. The number of nitrogens with one attached hydrogen (secondary N) is 2. The second-order valence-corrected chi connectivity index (χ2v) is 5.03. The van der Waals surface area contributed by atoms with Crippen molar-refractivity contribution in [3.05, 3.63) is 84.4 Å². The van der Waals surface area contributed by atoms with Crippen LogP contribution in [0.15, 0.2) is 78.9 Å². The summed E-state index contributed by atoms with van der Waals surface area (Å²) in [6.45, 7) is 2.09. The second kappa shape index (κ2) is 6.14. The minimum atomic E-state index is 1.06. The topological polar surface area (TPSA) is 24.1 Å². The molecule has 3 aromatic carbocycles. The normalized spacial score (nSPS) is 10.1. The van der Waals surface area contributed by atoms with Crippen molar-refractivity contribution in [1.82, 2.24) is 0 Å². The van der Waals surface area contributed by atoms with Crippen LogP contribution in [-0.4, -0.2) is 0 Å². The van der Waals surface area contributed by atoms with Crippen LogP contribution < -0.4 is 10.6 Å². The van der Waals surface area contributed by atoms with E-state index in [1.54, 1.807) is 0 Å². The van der Waals surface area contributed by atoms with Gasteiger partial charge in [0.2, 0.25) is 0 Å². The number of aryl methyl sites for hydroxylation is 1. The molecule has 0 fully saturated rings. The third-order valence-corrected chi connectivity index (χ3v) is 3.31. The van der Waals surface area contributed by atoms with Gasteiger partial charge in [0.25, 0.3) is 0 Å². The van der Waals surface area contributed by atoms with Crippen molar-refractivity contribution in [2.45, 2.75) is 6.92 Å². The van der Waals surface area contributed by atoms with E-state index in [1.807, 2.05) is 30.3 Å². The highest BCUT2D eigenvalue weighted by Crippen LogP contribution is 2.28. The predicted molar refractivity (Wildman–Crippen MR) is 90.6 cm³/mol. The number of benzene rings is 3. The first kappa shape index (κ1) is 13.3. The number of rotatable bonds is 4. The third kappa shape index (κ3) is 3.42. The van der Waals surface area contributed by atoms with Crippen LogP contribution in [0.5, 0.6) is 0 Å². The molecule has 104 valence electrons. The van der Waals surface area contributed by atoms with Crippen molar-refractivity contribution in [2.75, 3.05) is 10.6 Å². The average molecular weight is 274 g/mol. The van der Waals surface area contributed by atoms with E-state index in [0.717, 1.165) is 22.7 Å². The Hall–Kier alpha value is -2.74. The smallest absolute Gasteiger partial charge is 0.0623 e. The highest BCUT2D eigenvalue weighted by atomic mass is 15.0. The van der Waals surface area contributed by atoms with Gasteiger partial charge in [-0.3, -0.25) is 0 Å². The molecule has 2 nitrogen and oxygen atoms in total. The van der Waals surface area contributed by atoms with E-state index < -0.39 is 0 Å². The summed E-state index contributed by atoms with van der Waals surface area (Å²) in [5.41, 5.74) is 5.55. The van der Waals surface area contributed by atoms with Gasteiger partial charge in [-0.2, -0.15) is 0 Å². The lowest BCUT2D eigenvalue weighted by Gasteiger charge is -2.14. The summed E-state index contributed by atoms with van der Waals surface area (Å²) in [6, 6.07) is 26.8. The molecule has 2 heteroatoms. The summed E-state index contributed by atoms with van der Waals surface area (Å²) in [5.74, 6) is 0. The van der Waals surface area contributed by atoms with Gasteiger partial charge in [0.15, 0.2) is 0 Å². The molecule has 3 aromatic rings. The molecular weight excluding hydrogens is 256 g/mol. The highest BCUT2D eigenvalue weighted by Gasteiger charge is 2.02. The fourth-order valence-corrected chi connectivity index (χ4v) is 2.17. The first-order valence-corrected chi connectivity index (χ1v) is 7.06. The number of para-hydroxylation sites is 3. The minimum absolute atomic E-state index is 1.06. The lowest BCUT2D eigenvalue weighted by molar-refractivity contribution is 1.45. The quantitative estimate of drug-likeness (QED) is 0.658. The predicted octanol–water partition coefficient (Wildman–Crippen LogP) is 5.48. The van der Waals surface area contributed by atoms with Crippen molar-refractivity contribution in [3.63, 3.8) is 0 Å². The third-order valence-electron chi connectivity index (χ3n) is 3.31. The molecule has 0 aliphatic rings. The maximum absolute atomic E-state index is 3.46. The van der Waals surface area contributed by atoms with Crippen molar-refractivity contribution >= 4 is 22.7 Å². The Balaban J connectivity index is 1.84. The van der Waals surface area contributed by atoms with Gasteiger partial charge in [-0.15, -0.1) is 0 Å². The molecule has 0 spiro atoms. The van der Waals surface area contributed by atoms with Crippen LogP contribution in [0.25, 0.3) is 0 Å². The molecule has 0 bridgehead atoms. The van der Waals surface area contributed by atoms with Gasteiger partial charge in [-0.25, -0.2) is 0 Å². The standard InChI is InChI=1S/C19H18N2/c1-15-11-13-17(14-12-15)21-19-10-6-5-9-18(19)20-16-7-3-2-4-8-16/h2-14,20-21H,1H3. The molecule has 0 saturated carbocycles. The number of anilines is 4. The highest BCUT2D eigenvalue weighted by molar-refractivity contribution is 5.78. The molecule has 0 unspecified atom stereocenters. The molecule has 0 aliphatic carbocycles. The van der Waals surface area contributed by atoms with Crippen LogP contribution in [-0.2, 0) is 0 Å². The van der Waals surface area contributed by atoms with E-state index >= 15 is 0 Å². The Kier molecular flexibility index (Phi) is 3.88. The Labute approximate surface area is 125 Å². The van der Waals surface area contributed by atoms with Crippen LogP contribution in [0, 0.1) is 6.92 Å². The summed E-state index contributed by atoms with van der Waals surface area (Å²) in [5, 5.41) is 6.90. The Morgan fingerprint density at radius 3 is 1.57 bits per heavy atom. The summed E-state index contributed by atoms with van der Waals surface area (Å²) in [6.07, 6.45) is 0. The monoisotopic (exact) mass is 274 g/mol. The SMILES string of the molecule is Cc1ccc(Nc2ccccc2Nc2ccccc2)cc1. The van der Waals surface area contributed by atoms with Gasteiger partial charge in [0.1, 0.15) is 0 Å². The van der Waals surface area contributed by atoms with Crippen LogP contribution in [0.2, 0.25) is 0 Å². The van der Waals surface area contributed by atoms with Crippen LogP contribution in [0.4, 0.5) is 22.7 Å². The van der Waals surface area contributed by atoms with Crippen LogP contribution in [0.3, 0.4) is 0 Å². The van der Waals surface area contributed by atoms with E-state index in [4.69, 9.17) is 0 Å². The largest absolute Gasteiger partial charge is 0.354 e. The Morgan fingerprint density at radius 1 is 0.524 bits per heavy atom. The van der Waals surface area contributed by atoms with Gasteiger partial charge in [0.05, 0.1) is 11.4 Å². The number of hydrogen-bond donors (Lipinski definition) is 2. The zero-order valence-corrected chi connectivity index (χ0v) is 12.0. The van der Waals surface area contributed by atoms with Crippen molar-refractivity contribution in [1.29, 1.82) is 0 Å². The Bertz CT molecular complexity index is 703. The maximum atomic E-state index is 3.46. The van der Waals surface area contributed by atoms with E-state index in [1.165, 1.54) is 5.56 Å². The molecule has 0 atom stereocenters. The molecule has 2 N–H and O–H groups in total. The van der Waals surface area contributed by atoms with Crippen LogP contribution in [0.1, 0.15) is 5.56 Å². The van der Waals surface area contributed by atoms with Crippen molar-refractivity contribution < 1.29 is 0 Å². The first-order chi connectivity index (χ1) is 10.3. The fourth-order valence-electron chi connectivity index (χ4n) is 2.17. The first-order valence-electron chi connectivity index (χ1n) is 7.06. The molecule has 0 aromatic heterocycles. The average Bonchev–Trinajstić information content (AvgIpc) is 2.52. The molecular formula is C19H18N2. The summed E-state index contributed by atoms with van der Waals surface area (Å²) in [4.78, 5) is 0. The van der Waals surface area contributed by atoms with Crippen molar-refractivity contribution in [3.8, 4) is 0 Å². The summed E-state index contributed by atoms with van der Waals surface area (Å²) in [7, 11) is 0. The molecule has 0 aliphatic heterocycles. The second-order valence-electron chi connectivity index (χ2n) is 5.03. The molecule has 0 saturated heterocycles. The zero-order valence-electron chi connectivity index (χ0n) is 12.0. The molecule has 3 rings (SSSR count). The van der Waals surface area contributed by atoms with Crippen LogP contribution >= 0.6 is 0 Å². The fraction of sp³-hybridized carbons (Fsp3) is 0.0526. The van der Waals surface area contributed by atoms with Gasteiger partial charge in [0, 0.05) is 11.4 Å². The lowest BCUT2D eigenvalue weighted by Crippen LogP contribution is -1.97. The molecule has 21 heavy (non-hydrogen) atoms. The molecule has 0 amide bonds. The van der Waals surface area contributed by atoms with Gasteiger partial charge in [-0.1, -0.05) is 48.0 Å². The van der Waals surface area contributed by atoms with E-state index in [9.17, 15) is 0 Å². The van der Waals surface area contributed by atoms with E-state index in [0.29, 0.717) is 0 Å². The van der Waals surface area contributed by atoms with E-state index in [-0.39, 0.29) is 0 Å². The molecule has 0 heterocycles. The summed E-state index contributed by atoms with van der Waals surface area (Å²) >= 11 is 0. The Morgan fingerprint density at radius 2 is 1.00 bits per heavy atom. The van der Waals surface area contributed by atoms with E-state index in [2.05, 4.69) is 66.1 Å². The number of hydrogen-bond acceptors (Lipinski definition) is 2. The van der Waals surface area contributed by atoms with Gasteiger partial charge >= 0.3 is 0 Å². The van der Waals surface area contributed by atoms with Gasteiger partial charge in [-0.05, 0) is 43.3 Å². The summed E-state index contributed by atoms with van der Waals surface area (Å²) < 4.78 is 0.